The van der Waals surface area contributed by atoms with Gasteiger partial charge in [-0.1, -0.05) is 42.0 Å². The fourth-order valence-electron chi connectivity index (χ4n) is 4.41. The van der Waals surface area contributed by atoms with Crippen molar-refractivity contribution in [2.45, 2.75) is 26.7 Å². The predicted molar refractivity (Wildman–Crippen MR) is 151 cm³/mol. The Morgan fingerprint density at radius 2 is 1.59 bits per heavy atom. The summed E-state index contributed by atoms with van der Waals surface area (Å²) < 4.78 is 0. The van der Waals surface area contributed by atoms with E-state index < -0.39 is 0 Å². The Hall–Kier alpha value is -3.84. The van der Waals surface area contributed by atoms with Gasteiger partial charge in [0.05, 0.1) is 11.5 Å². The molecular weight excluding hydrogens is 488 g/mol. The van der Waals surface area contributed by atoms with Crippen LogP contribution in [0.4, 0.5) is 11.4 Å². The highest BCUT2D eigenvalue weighted by Crippen LogP contribution is 2.29. The van der Waals surface area contributed by atoms with Crippen LogP contribution in [-0.4, -0.2) is 53.7 Å². The van der Waals surface area contributed by atoms with Crippen LogP contribution in [0.15, 0.2) is 66.7 Å². The van der Waals surface area contributed by atoms with Crippen molar-refractivity contribution in [1.29, 1.82) is 5.41 Å². The number of phenols is 1. The number of rotatable bonds is 6. The minimum atomic E-state index is -0.353. The number of amidine groups is 1. The number of amides is 1. The van der Waals surface area contributed by atoms with E-state index in [-0.39, 0.29) is 42.0 Å². The summed E-state index contributed by atoms with van der Waals surface area (Å²) in [5, 5.41) is 21.1. The molecule has 37 heavy (non-hydrogen) atoms. The highest BCUT2D eigenvalue weighted by atomic mass is 35.5. The molecule has 0 unspecified atom stereocenters. The number of halogens is 1. The minimum Gasteiger partial charge on any atom is -0.506 e. The van der Waals surface area contributed by atoms with Crippen LogP contribution in [0.1, 0.15) is 45.2 Å². The van der Waals surface area contributed by atoms with E-state index in [0.29, 0.717) is 22.5 Å². The van der Waals surface area contributed by atoms with Gasteiger partial charge in [-0.2, -0.15) is 0 Å². The average Bonchev–Trinajstić information content (AvgIpc) is 3.13. The molecule has 1 fully saturated rings. The number of phenolic OH excluding ortho intramolecular Hbond substituents is 1. The molecule has 3 aromatic carbocycles. The number of Topliss-reactive ketones (excluding diaryl/α,β-unsaturated/α-hetero) is 1. The van der Waals surface area contributed by atoms with Crippen molar-refractivity contribution in [3.63, 3.8) is 0 Å². The maximum absolute atomic E-state index is 13.0. The highest BCUT2D eigenvalue weighted by molar-refractivity contribution is 6.06. The van der Waals surface area contributed by atoms with Gasteiger partial charge in [-0.15, -0.1) is 12.4 Å². The summed E-state index contributed by atoms with van der Waals surface area (Å²) in [6, 6.07) is 19.6. The molecule has 1 amide bonds. The molecule has 0 radical (unpaired) electrons. The zero-order valence-corrected chi connectivity index (χ0v) is 22.0. The molecule has 1 saturated heterocycles. The Morgan fingerprint density at radius 3 is 2.27 bits per heavy atom. The summed E-state index contributed by atoms with van der Waals surface area (Å²) in [6.07, 6.45) is 1.03. The number of nitrogens with zero attached hydrogens (tertiary/aromatic N) is 2. The molecule has 0 bridgehead atoms. The summed E-state index contributed by atoms with van der Waals surface area (Å²) in [5.41, 5.74) is 3.96. The van der Waals surface area contributed by atoms with Gasteiger partial charge in [-0.3, -0.25) is 15.0 Å². The van der Waals surface area contributed by atoms with E-state index >= 15 is 0 Å². The lowest BCUT2D eigenvalue weighted by molar-refractivity contribution is 0.0989. The number of anilines is 2. The number of hydrogen-bond donors (Lipinski definition) is 3. The largest absolute Gasteiger partial charge is 0.506 e. The lowest BCUT2D eigenvalue weighted by Gasteiger charge is -2.24. The van der Waals surface area contributed by atoms with Crippen molar-refractivity contribution in [2.75, 3.05) is 36.4 Å². The van der Waals surface area contributed by atoms with Gasteiger partial charge in [-0.25, -0.2) is 0 Å². The molecule has 0 atom stereocenters. The molecule has 3 N–H and O–H groups in total. The van der Waals surface area contributed by atoms with Crippen molar-refractivity contribution in [2.24, 2.45) is 0 Å². The number of para-hydroxylation sites is 1. The number of hydrogen-bond acceptors (Lipinski definition) is 5. The second-order valence-corrected chi connectivity index (χ2v) is 9.19. The Morgan fingerprint density at radius 1 is 0.919 bits per heavy atom. The highest BCUT2D eigenvalue weighted by Gasteiger charge is 2.18. The number of carbonyl (C=O) groups is 2. The van der Waals surface area contributed by atoms with E-state index in [2.05, 4.69) is 15.1 Å². The van der Waals surface area contributed by atoms with Crippen LogP contribution >= 0.6 is 12.4 Å². The third-order valence-corrected chi connectivity index (χ3v) is 6.56. The molecule has 0 aromatic heterocycles. The molecule has 0 saturated carbocycles. The lowest BCUT2D eigenvalue weighted by atomic mass is 10.00. The SMILES string of the molecule is CC(=N)N1CCCN(c2ccc(C(=O)Nc3c(O)cccc3CC(=O)c3ccc(C)cc3)cc2)CC1.Cl. The van der Waals surface area contributed by atoms with Crippen molar-refractivity contribution >= 4 is 41.3 Å². The van der Waals surface area contributed by atoms with E-state index in [0.717, 1.165) is 43.9 Å². The molecule has 194 valence electrons. The van der Waals surface area contributed by atoms with Crippen molar-refractivity contribution in [3.8, 4) is 5.75 Å². The van der Waals surface area contributed by atoms with Gasteiger partial charge in [0.15, 0.2) is 5.78 Å². The number of aryl methyl sites for hydroxylation is 1. The molecule has 4 rings (SSSR count). The molecule has 7 nitrogen and oxygen atoms in total. The molecule has 1 heterocycles. The summed E-state index contributed by atoms with van der Waals surface area (Å²) >= 11 is 0. The van der Waals surface area contributed by atoms with Gasteiger partial charge < -0.3 is 20.2 Å². The van der Waals surface area contributed by atoms with Gasteiger partial charge in [0.25, 0.3) is 5.91 Å². The number of ketones is 1. The van der Waals surface area contributed by atoms with Crippen molar-refractivity contribution in [3.05, 3.63) is 89.0 Å². The van der Waals surface area contributed by atoms with Crippen LogP contribution in [0.25, 0.3) is 0 Å². The van der Waals surface area contributed by atoms with Crippen molar-refractivity contribution in [1.82, 2.24) is 4.90 Å². The van der Waals surface area contributed by atoms with Gasteiger partial charge in [0.2, 0.25) is 0 Å². The van der Waals surface area contributed by atoms with Gasteiger partial charge in [-0.05, 0) is 56.2 Å². The predicted octanol–water partition coefficient (Wildman–Crippen LogP) is 5.31. The Balaban J connectivity index is 0.00000380. The second-order valence-electron chi connectivity index (χ2n) is 9.19. The van der Waals surface area contributed by atoms with Gasteiger partial charge in [0.1, 0.15) is 5.75 Å². The fraction of sp³-hybridized carbons (Fsp3) is 0.276. The van der Waals surface area contributed by atoms with Gasteiger partial charge >= 0.3 is 0 Å². The third-order valence-electron chi connectivity index (χ3n) is 6.56. The normalized spacial score (nSPS) is 13.4. The molecule has 8 heteroatoms. The van der Waals surface area contributed by atoms with E-state index in [1.807, 2.05) is 38.1 Å². The van der Waals surface area contributed by atoms with Crippen LogP contribution < -0.4 is 10.2 Å². The Kier molecular flexibility index (Phi) is 9.31. The van der Waals surface area contributed by atoms with E-state index in [1.54, 1.807) is 36.4 Å². The van der Waals surface area contributed by atoms with E-state index in [9.17, 15) is 14.7 Å². The summed E-state index contributed by atoms with van der Waals surface area (Å²) in [4.78, 5) is 30.2. The molecule has 1 aliphatic rings. The van der Waals surface area contributed by atoms with Crippen LogP contribution in [-0.2, 0) is 6.42 Å². The zero-order valence-electron chi connectivity index (χ0n) is 21.2. The van der Waals surface area contributed by atoms with E-state index in [4.69, 9.17) is 5.41 Å². The molecule has 1 aliphatic heterocycles. The molecule has 3 aromatic rings. The van der Waals surface area contributed by atoms with Crippen LogP contribution in [0.2, 0.25) is 0 Å². The fourth-order valence-corrected chi connectivity index (χ4v) is 4.41. The maximum Gasteiger partial charge on any atom is 0.255 e. The Bertz CT molecular complexity index is 1260. The number of benzene rings is 3. The van der Waals surface area contributed by atoms with Crippen molar-refractivity contribution < 1.29 is 14.7 Å². The first kappa shape index (κ1) is 27.7. The lowest BCUT2D eigenvalue weighted by Crippen LogP contribution is -2.33. The monoisotopic (exact) mass is 520 g/mol. The van der Waals surface area contributed by atoms with Crippen LogP contribution in [0.5, 0.6) is 5.75 Å². The topological polar surface area (TPSA) is 96.7 Å². The van der Waals surface area contributed by atoms with Crippen LogP contribution in [0.3, 0.4) is 0 Å². The van der Waals surface area contributed by atoms with Gasteiger partial charge in [0, 0.05) is 49.4 Å². The number of aromatic hydroxyl groups is 1. The average molecular weight is 521 g/mol. The zero-order chi connectivity index (χ0) is 25.7. The molecule has 0 aliphatic carbocycles. The smallest absolute Gasteiger partial charge is 0.255 e. The van der Waals surface area contributed by atoms with E-state index in [1.165, 1.54) is 6.07 Å². The first-order chi connectivity index (χ1) is 17.3. The third kappa shape index (κ3) is 6.89. The summed E-state index contributed by atoms with van der Waals surface area (Å²) in [7, 11) is 0. The maximum atomic E-state index is 13.0. The molecule has 0 spiro atoms. The van der Waals surface area contributed by atoms with Crippen LogP contribution in [0, 0.1) is 12.3 Å². The standard InChI is InChI=1S/C29H32N4O3.ClH/c1-20-7-9-22(10-8-20)27(35)19-24-5-3-6-26(34)28(24)31-29(36)23-11-13-25(14-12-23)33-16-4-15-32(17-18-33)21(2)30;/h3,5-14,30,34H,4,15-19H2,1-2H3,(H,31,36);1H. The first-order valence-corrected chi connectivity index (χ1v) is 12.2. The quantitative estimate of drug-likeness (QED) is 0.177. The second kappa shape index (κ2) is 12.4. The Labute approximate surface area is 224 Å². The first-order valence-electron chi connectivity index (χ1n) is 12.2. The molecular formula is C29H33ClN4O3. The number of carbonyl (C=O) groups excluding carboxylic acids is 2. The number of nitrogens with one attached hydrogen (secondary N) is 2. The minimum absolute atomic E-state index is 0. The summed E-state index contributed by atoms with van der Waals surface area (Å²) in [6.45, 7) is 7.17. The summed E-state index contributed by atoms with van der Waals surface area (Å²) in [5.74, 6) is 0.0704.